The maximum Gasteiger partial charge on any atom is 0.0408 e. The second-order valence-corrected chi connectivity index (χ2v) is 7.32. The molecule has 0 saturated carbocycles. The van der Waals surface area contributed by atoms with Crippen LogP contribution >= 0.6 is 11.3 Å². The van der Waals surface area contributed by atoms with Gasteiger partial charge < -0.3 is 5.73 Å². The minimum atomic E-state index is 0.954. The van der Waals surface area contributed by atoms with Crippen molar-refractivity contribution in [3.8, 4) is 0 Å². The lowest BCUT2D eigenvalue weighted by Crippen LogP contribution is -1.97. The van der Waals surface area contributed by atoms with Crippen molar-refractivity contribution in [1.82, 2.24) is 0 Å². The summed E-state index contributed by atoms with van der Waals surface area (Å²) in [7, 11) is 0. The van der Waals surface area contributed by atoms with Gasteiger partial charge in [-0.1, -0.05) is 0 Å². The van der Waals surface area contributed by atoms with Gasteiger partial charge in [0, 0.05) is 25.9 Å². The predicted molar refractivity (Wildman–Crippen MR) is 96.9 cm³/mol. The van der Waals surface area contributed by atoms with E-state index in [2.05, 4.69) is 48.5 Å². The molecule has 2 aromatic carbocycles. The fourth-order valence-corrected chi connectivity index (χ4v) is 4.88. The summed E-state index contributed by atoms with van der Waals surface area (Å²) in [4.78, 5) is 0. The Morgan fingerprint density at radius 2 is 0.952 bits per heavy atom. The molecule has 2 heteroatoms. The molecule has 0 amide bonds. The molecule has 21 heavy (non-hydrogen) atoms. The molecule has 110 valence electrons. The number of anilines is 1. The Bertz CT molecular complexity index is 839. The van der Waals surface area contributed by atoms with Crippen molar-refractivity contribution in [2.24, 2.45) is 0 Å². The first-order valence-corrected chi connectivity index (χ1v) is 8.26. The van der Waals surface area contributed by atoms with E-state index in [9.17, 15) is 0 Å². The van der Waals surface area contributed by atoms with Crippen molar-refractivity contribution >= 4 is 37.2 Å². The average molecular weight is 297 g/mol. The molecule has 0 spiro atoms. The standard InChI is InChI=1S/C19H23NS/c1-8-9(2)13(6)18-15(10(8)3)16-11(4)12(5)17(20)14(7)19(16)21-18/h20H2,1-7H3. The van der Waals surface area contributed by atoms with E-state index in [1.807, 2.05) is 11.3 Å². The van der Waals surface area contributed by atoms with Gasteiger partial charge in [0.05, 0.1) is 0 Å². The van der Waals surface area contributed by atoms with Crippen LogP contribution in [0.2, 0.25) is 0 Å². The lowest BCUT2D eigenvalue weighted by atomic mass is 9.91. The van der Waals surface area contributed by atoms with E-state index >= 15 is 0 Å². The molecule has 1 aromatic heterocycles. The number of aryl methyl sites for hydroxylation is 4. The third-order valence-corrected chi connectivity index (χ3v) is 6.83. The highest BCUT2D eigenvalue weighted by atomic mass is 32.1. The number of thiophene rings is 1. The zero-order valence-electron chi connectivity index (χ0n) is 14.0. The summed E-state index contributed by atoms with van der Waals surface area (Å²) in [6.07, 6.45) is 0. The van der Waals surface area contributed by atoms with Gasteiger partial charge in [-0.15, -0.1) is 11.3 Å². The van der Waals surface area contributed by atoms with Gasteiger partial charge in [0.25, 0.3) is 0 Å². The Morgan fingerprint density at radius 3 is 1.52 bits per heavy atom. The molecular formula is C19H23NS. The lowest BCUT2D eigenvalue weighted by Gasteiger charge is -2.13. The molecule has 3 rings (SSSR count). The van der Waals surface area contributed by atoms with E-state index in [1.165, 1.54) is 59.1 Å². The Balaban J connectivity index is 2.73. The van der Waals surface area contributed by atoms with Crippen molar-refractivity contribution < 1.29 is 0 Å². The van der Waals surface area contributed by atoms with Crippen LogP contribution in [-0.2, 0) is 0 Å². The molecule has 1 nitrogen and oxygen atoms in total. The number of benzene rings is 2. The van der Waals surface area contributed by atoms with Gasteiger partial charge >= 0.3 is 0 Å². The van der Waals surface area contributed by atoms with Crippen LogP contribution in [0.3, 0.4) is 0 Å². The van der Waals surface area contributed by atoms with E-state index in [0.717, 1.165) is 5.69 Å². The third-order valence-electron chi connectivity index (χ3n) is 5.40. The van der Waals surface area contributed by atoms with Crippen LogP contribution in [-0.4, -0.2) is 0 Å². The highest BCUT2D eigenvalue weighted by Crippen LogP contribution is 2.45. The van der Waals surface area contributed by atoms with E-state index in [4.69, 9.17) is 5.73 Å². The van der Waals surface area contributed by atoms with Gasteiger partial charge in [0.2, 0.25) is 0 Å². The number of nitrogens with two attached hydrogens (primary N) is 1. The number of fused-ring (bicyclic) bond motifs is 3. The number of nitrogen functional groups attached to an aromatic ring is 1. The van der Waals surface area contributed by atoms with Crippen molar-refractivity contribution in [3.05, 3.63) is 38.9 Å². The first-order chi connectivity index (χ1) is 9.77. The molecule has 0 aliphatic carbocycles. The van der Waals surface area contributed by atoms with E-state index in [0.29, 0.717) is 0 Å². The summed E-state index contributed by atoms with van der Waals surface area (Å²) in [6.45, 7) is 15.5. The molecular weight excluding hydrogens is 274 g/mol. The summed E-state index contributed by atoms with van der Waals surface area (Å²) in [5.74, 6) is 0. The fourth-order valence-electron chi connectivity index (χ4n) is 3.39. The van der Waals surface area contributed by atoms with Crippen LogP contribution in [0.4, 0.5) is 5.69 Å². The van der Waals surface area contributed by atoms with Crippen LogP contribution in [0.15, 0.2) is 0 Å². The van der Waals surface area contributed by atoms with Crippen LogP contribution < -0.4 is 5.73 Å². The van der Waals surface area contributed by atoms with Gasteiger partial charge in [-0.25, -0.2) is 0 Å². The molecule has 0 fully saturated rings. The van der Waals surface area contributed by atoms with Gasteiger partial charge in [-0.3, -0.25) is 0 Å². The second-order valence-electron chi connectivity index (χ2n) is 6.30. The molecule has 0 bridgehead atoms. The second kappa shape index (κ2) is 4.48. The maximum atomic E-state index is 6.31. The Kier molecular flexibility index (Phi) is 3.07. The van der Waals surface area contributed by atoms with Crippen molar-refractivity contribution in [2.45, 2.75) is 48.5 Å². The average Bonchev–Trinajstić information content (AvgIpc) is 2.87. The van der Waals surface area contributed by atoms with Crippen molar-refractivity contribution in [2.75, 3.05) is 5.73 Å². The highest BCUT2D eigenvalue weighted by Gasteiger charge is 2.19. The van der Waals surface area contributed by atoms with Gasteiger partial charge in [-0.2, -0.15) is 0 Å². The Hall–Kier alpha value is -1.54. The summed E-state index contributed by atoms with van der Waals surface area (Å²) in [5, 5.41) is 2.86. The van der Waals surface area contributed by atoms with Crippen LogP contribution in [0, 0.1) is 48.5 Å². The van der Waals surface area contributed by atoms with Crippen LogP contribution in [0.1, 0.15) is 38.9 Å². The van der Waals surface area contributed by atoms with Crippen molar-refractivity contribution in [3.63, 3.8) is 0 Å². The number of rotatable bonds is 0. The molecule has 0 saturated heterocycles. The topological polar surface area (TPSA) is 26.0 Å². The number of hydrogen-bond donors (Lipinski definition) is 1. The summed E-state index contributed by atoms with van der Waals surface area (Å²) in [6, 6.07) is 0. The molecule has 0 radical (unpaired) electrons. The summed E-state index contributed by atoms with van der Waals surface area (Å²) >= 11 is 1.91. The smallest absolute Gasteiger partial charge is 0.0408 e. The maximum absolute atomic E-state index is 6.31. The molecule has 3 aromatic rings. The number of hydrogen-bond acceptors (Lipinski definition) is 2. The van der Waals surface area contributed by atoms with Gasteiger partial charge in [0.15, 0.2) is 0 Å². The summed E-state index contributed by atoms with van der Waals surface area (Å²) in [5.41, 5.74) is 16.8. The quantitative estimate of drug-likeness (QED) is 0.522. The van der Waals surface area contributed by atoms with E-state index < -0.39 is 0 Å². The van der Waals surface area contributed by atoms with Crippen LogP contribution in [0.5, 0.6) is 0 Å². The van der Waals surface area contributed by atoms with E-state index in [1.54, 1.807) is 0 Å². The fraction of sp³-hybridized carbons (Fsp3) is 0.368. The zero-order valence-corrected chi connectivity index (χ0v) is 14.8. The summed E-state index contributed by atoms with van der Waals surface area (Å²) < 4.78 is 2.80. The third kappa shape index (κ3) is 1.69. The van der Waals surface area contributed by atoms with E-state index in [-0.39, 0.29) is 0 Å². The first-order valence-electron chi connectivity index (χ1n) is 7.45. The van der Waals surface area contributed by atoms with Gasteiger partial charge in [0.1, 0.15) is 0 Å². The van der Waals surface area contributed by atoms with Crippen LogP contribution in [0.25, 0.3) is 20.2 Å². The SMILES string of the molecule is Cc1c(C)c(C)c2c(sc3c(C)c(N)c(C)c(C)c32)c1C. The molecule has 2 N–H and O–H groups in total. The first kappa shape index (κ1) is 14.4. The molecule has 0 aliphatic heterocycles. The Labute approximate surface area is 130 Å². The minimum absolute atomic E-state index is 0.954. The zero-order chi connectivity index (χ0) is 15.6. The highest BCUT2D eigenvalue weighted by molar-refractivity contribution is 7.26. The molecule has 0 atom stereocenters. The molecule has 0 unspecified atom stereocenters. The molecule has 1 heterocycles. The molecule has 0 aliphatic rings. The predicted octanol–water partition coefficient (Wildman–Crippen LogP) is 5.80. The minimum Gasteiger partial charge on any atom is -0.398 e. The largest absolute Gasteiger partial charge is 0.398 e. The monoisotopic (exact) mass is 297 g/mol. The lowest BCUT2D eigenvalue weighted by molar-refractivity contribution is 1.26. The van der Waals surface area contributed by atoms with Gasteiger partial charge in [-0.05, 0) is 87.4 Å². The normalized spacial score (nSPS) is 11.8. The van der Waals surface area contributed by atoms with Crippen molar-refractivity contribution in [1.29, 1.82) is 0 Å². The Morgan fingerprint density at radius 1 is 0.524 bits per heavy atom.